The number of pyridine rings is 1. The fraction of sp³-hybridized carbons (Fsp3) is 0.375. The van der Waals surface area contributed by atoms with E-state index in [-0.39, 0.29) is 13.2 Å². The van der Waals surface area contributed by atoms with Gasteiger partial charge in [0.25, 0.3) is 0 Å². The fourth-order valence-electron chi connectivity index (χ4n) is 1.03. The molecule has 0 radical (unpaired) electrons. The van der Waals surface area contributed by atoms with Gasteiger partial charge in [0.1, 0.15) is 0 Å². The SMILES string of the molecule is OCCc1c(Br)cncc1CO. The van der Waals surface area contributed by atoms with E-state index < -0.39 is 0 Å². The van der Waals surface area contributed by atoms with Crippen LogP contribution in [0.3, 0.4) is 0 Å². The zero-order valence-corrected chi connectivity index (χ0v) is 8.08. The van der Waals surface area contributed by atoms with E-state index in [0.717, 1.165) is 15.6 Å². The van der Waals surface area contributed by atoms with Crippen molar-refractivity contribution in [3.8, 4) is 0 Å². The highest BCUT2D eigenvalue weighted by molar-refractivity contribution is 9.10. The second-order valence-corrected chi connectivity index (χ2v) is 3.25. The molecule has 0 saturated heterocycles. The van der Waals surface area contributed by atoms with Crippen molar-refractivity contribution in [1.29, 1.82) is 0 Å². The van der Waals surface area contributed by atoms with Gasteiger partial charge in [-0.3, -0.25) is 4.98 Å². The minimum atomic E-state index is -0.0399. The standard InChI is InChI=1S/C8H10BrNO2/c9-8-4-10-3-6(5-12)7(8)1-2-11/h3-4,11-12H,1-2,5H2. The summed E-state index contributed by atoms with van der Waals surface area (Å²) in [6.45, 7) is 0.0391. The average Bonchev–Trinajstić information content (AvgIpc) is 2.09. The van der Waals surface area contributed by atoms with Gasteiger partial charge in [0.05, 0.1) is 6.61 Å². The maximum Gasteiger partial charge on any atom is 0.0699 e. The van der Waals surface area contributed by atoms with Gasteiger partial charge in [-0.05, 0) is 27.9 Å². The fourth-order valence-corrected chi connectivity index (χ4v) is 1.60. The van der Waals surface area contributed by atoms with Gasteiger partial charge in [-0.15, -0.1) is 0 Å². The van der Waals surface area contributed by atoms with Crippen LogP contribution in [-0.2, 0) is 13.0 Å². The Morgan fingerprint density at radius 2 is 2.08 bits per heavy atom. The molecule has 66 valence electrons. The van der Waals surface area contributed by atoms with E-state index in [1.54, 1.807) is 12.4 Å². The molecule has 0 aliphatic heterocycles. The molecular weight excluding hydrogens is 222 g/mol. The molecule has 2 N–H and O–H groups in total. The minimum Gasteiger partial charge on any atom is -0.396 e. The first-order valence-corrected chi connectivity index (χ1v) is 4.42. The van der Waals surface area contributed by atoms with Crippen molar-refractivity contribution in [3.05, 3.63) is 28.0 Å². The molecule has 0 bridgehead atoms. The van der Waals surface area contributed by atoms with E-state index in [1.165, 1.54) is 0 Å². The monoisotopic (exact) mass is 231 g/mol. The molecule has 0 amide bonds. The van der Waals surface area contributed by atoms with Crippen molar-refractivity contribution in [2.24, 2.45) is 0 Å². The lowest BCUT2D eigenvalue weighted by atomic mass is 10.1. The maximum atomic E-state index is 8.93. The average molecular weight is 232 g/mol. The summed E-state index contributed by atoms with van der Waals surface area (Å²) >= 11 is 3.30. The quantitative estimate of drug-likeness (QED) is 0.812. The lowest BCUT2D eigenvalue weighted by Gasteiger charge is -2.06. The van der Waals surface area contributed by atoms with Crippen LogP contribution in [0.1, 0.15) is 11.1 Å². The molecular formula is C8H10BrNO2. The zero-order chi connectivity index (χ0) is 8.97. The van der Waals surface area contributed by atoms with Gasteiger partial charge in [-0.2, -0.15) is 0 Å². The molecule has 1 aromatic heterocycles. The molecule has 4 heteroatoms. The van der Waals surface area contributed by atoms with Gasteiger partial charge in [0.15, 0.2) is 0 Å². The summed E-state index contributed by atoms with van der Waals surface area (Å²) in [5, 5.41) is 17.7. The predicted octanol–water partition coefficient (Wildman–Crippen LogP) is 0.871. The largest absolute Gasteiger partial charge is 0.396 e. The Balaban J connectivity index is 3.02. The number of hydrogen-bond donors (Lipinski definition) is 2. The van der Waals surface area contributed by atoms with Gasteiger partial charge in [0.2, 0.25) is 0 Å². The van der Waals surface area contributed by atoms with Crippen LogP contribution < -0.4 is 0 Å². The van der Waals surface area contributed by atoms with Crippen LogP contribution in [0, 0.1) is 0 Å². The second-order valence-electron chi connectivity index (χ2n) is 2.39. The van der Waals surface area contributed by atoms with Crippen molar-refractivity contribution in [2.75, 3.05) is 6.61 Å². The molecule has 1 aromatic rings. The van der Waals surface area contributed by atoms with Crippen molar-refractivity contribution >= 4 is 15.9 Å². The molecule has 0 fully saturated rings. The topological polar surface area (TPSA) is 53.4 Å². The molecule has 1 heterocycles. The molecule has 3 nitrogen and oxygen atoms in total. The Kier molecular flexibility index (Phi) is 3.65. The second kappa shape index (κ2) is 4.54. The third kappa shape index (κ3) is 2.03. The molecule has 0 aliphatic rings. The van der Waals surface area contributed by atoms with Crippen LogP contribution in [0.2, 0.25) is 0 Å². The first kappa shape index (κ1) is 9.64. The Labute approximate surface area is 79.2 Å². The summed E-state index contributed by atoms with van der Waals surface area (Å²) in [5.74, 6) is 0. The zero-order valence-electron chi connectivity index (χ0n) is 6.50. The Morgan fingerprint density at radius 3 is 2.67 bits per heavy atom. The summed E-state index contributed by atoms with van der Waals surface area (Å²) in [4.78, 5) is 3.91. The molecule has 1 rings (SSSR count). The van der Waals surface area contributed by atoms with Crippen LogP contribution in [0.5, 0.6) is 0 Å². The number of aliphatic hydroxyl groups excluding tert-OH is 2. The smallest absolute Gasteiger partial charge is 0.0699 e. The molecule has 0 atom stereocenters. The van der Waals surface area contributed by atoms with Gasteiger partial charge in [-0.25, -0.2) is 0 Å². The lowest BCUT2D eigenvalue weighted by molar-refractivity contribution is 0.275. The summed E-state index contributed by atoms with van der Waals surface area (Å²) in [5.41, 5.74) is 1.69. The first-order chi connectivity index (χ1) is 5.79. The normalized spacial score (nSPS) is 10.2. The van der Waals surface area contributed by atoms with E-state index in [2.05, 4.69) is 20.9 Å². The van der Waals surface area contributed by atoms with Crippen molar-refractivity contribution in [2.45, 2.75) is 13.0 Å². The van der Waals surface area contributed by atoms with E-state index in [4.69, 9.17) is 10.2 Å². The Hall–Kier alpha value is -0.450. The van der Waals surface area contributed by atoms with Crippen LogP contribution in [-0.4, -0.2) is 21.8 Å². The highest BCUT2D eigenvalue weighted by Crippen LogP contribution is 2.19. The number of rotatable bonds is 3. The number of aromatic nitrogens is 1. The lowest BCUT2D eigenvalue weighted by Crippen LogP contribution is -1.99. The summed E-state index contributed by atoms with van der Waals surface area (Å²) in [7, 11) is 0. The molecule has 0 spiro atoms. The molecule has 12 heavy (non-hydrogen) atoms. The van der Waals surface area contributed by atoms with Crippen molar-refractivity contribution < 1.29 is 10.2 Å². The van der Waals surface area contributed by atoms with Crippen LogP contribution in [0.15, 0.2) is 16.9 Å². The van der Waals surface area contributed by atoms with Crippen molar-refractivity contribution in [1.82, 2.24) is 4.98 Å². The third-order valence-corrected chi connectivity index (χ3v) is 2.31. The van der Waals surface area contributed by atoms with Gasteiger partial charge >= 0.3 is 0 Å². The van der Waals surface area contributed by atoms with Crippen LogP contribution >= 0.6 is 15.9 Å². The number of aliphatic hydroxyl groups is 2. The molecule has 0 aliphatic carbocycles. The van der Waals surface area contributed by atoms with Gasteiger partial charge < -0.3 is 10.2 Å². The molecule has 0 aromatic carbocycles. The number of halogens is 1. The highest BCUT2D eigenvalue weighted by Gasteiger charge is 2.05. The summed E-state index contributed by atoms with van der Waals surface area (Å²) < 4.78 is 0.836. The maximum absolute atomic E-state index is 8.93. The van der Waals surface area contributed by atoms with Gasteiger partial charge in [-0.1, -0.05) is 0 Å². The van der Waals surface area contributed by atoms with Crippen molar-refractivity contribution in [3.63, 3.8) is 0 Å². The Morgan fingerprint density at radius 1 is 1.33 bits per heavy atom. The Bertz CT molecular complexity index is 265. The molecule has 0 saturated carbocycles. The predicted molar refractivity (Wildman–Crippen MR) is 48.6 cm³/mol. The van der Waals surface area contributed by atoms with Crippen LogP contribution in [0.4, 0.5) is 0 Å². The number of hydrogen-bond acceptors (Lipinski definition) is 3. The summed E-state index contributed by atoms with van der Waals surface area (Å²) in [6, 6.07) is 0. The van der Waals surface area contributed by atoms with E-state index in [1.807, 2.05) is 0 Å². The summed E-state index contributed by atoms with van der Waals surface area (Å²) in [6.07, 6.45) is 3.80. The van der Waals surface area contributed by atoms with Gasteiger partial charge in [0, 0.05) is 29.0 Å². The van der Waals surface area contributed by atoms with E-state index >= 15 is 0 Å². The first-order valence-electron chi connectivity index (χ1n) is 3.62. The van der Waals surface area contributed by atoms with E-state index in [9.17, 15) is 0 Å². The van der Waals surface area contributed by atoms with Crippen LogP contribution in [0.25, 0.3) is 0 Å². The third-order valence-electron chi connectivity index (χ3n) is 1.63. The van der Waals surface area contributed by atoms with E-state index in [0.29, 0.717) is 6.42 Å². The number of nitrogens with zero attached hydrogens (tertiary/aromatic N) is 1. The highest BCUT2D eigenvalue weighted by atomic mass is 79.9. The minimum absolute atomic E-state index is 0.0399. The molecule has 0 unspecified atom stereocenters.